The Hall–Kier alpha value is -1.79. The molecule has 1 rings (SSSR count). The monoisotopic (exact) mass is 285 g/mol. The summed E-state index contributed by atoms with van der Waals surface area (Å²) in [5.41, 5.74) is 0. The van der Waals surface area contributed by atoms with Gasteiger partial charge in [0.1, 0.15) is 0 Å². The third-order valence-electron chi connectivity index (χ3n) is 3.19. The van der Waals surface area contributed by atoms with Gasteiger partial charge in [-0.25, -0.2) is 4.79 Å². The Morgan fingerprint density at radius 3 is 2.25 bits per heavy atom. The number of hydrogen-bond donors (Lipinski definition) is 3. The average molecular weight is 285 g/mol. The van der Waals surface area contributed by atoms with Crippen molar-refractivity contribution in [3.8, 4) is 0 Å². The highest BCUT2D eigenvalue weighted by molar-refractivity contribution is 5.78. The maximum Gasteiger partial charge on any atom is 0.314 e. The lowest BCUT2D eigenvalue weighted by Gasteiger charge is -2.15. The van der Waals surface area contributed by atoms with Crippen molar-refractivity contribution < 1.29 is 19.5 Å². The van der Waals surface area contributed by atoms with Crippen LogP contribution in [0.25, 0.3) is 0 Å². The van der Waals surface area contributed by atoms with Crippen LogP contribution in [0.2, 0.25) is 0 Å². The van der Waals surface area contributed by atoms with E-state index in [-0.39, 0.29) is 18.4 Å². The van der Waals surface area contributed by atoms with E-state index in [9.17, 15) is 14.4 Å². The first-order chi connectivity index (χ1) is 9.59. The Labute approximate surface area is 118 Å². The number of aliphatic carboxylic acids is 1. The molecule has 0 aromatic heterocycles. The van der Waals surface area contributed by atoms with Gasteiger partial charge in [-0.2, -0.15) is 0 Å². The maximum atomic E-state index is 11.7. The molecule has 7 heteroatoms. The molecule has 1 heterocycles. The lowest BCUT2D eigenvalue weighted by molar-refractivity contribution is -0.137. The van der Waals surface area contributed by atoms with Crippen LogP contribution in [0.1, 0.15) is 38.5 Å². The molecular formula is C13H23N3O4. The Bertz CT molecular complexity index is 341. The van der Waals surface area contributed by atoms with Crippen molar-refractivity contribution in [1.29, 1.82) is 0 Å². The Morgan fingerprint density at radius 1 is 0.950 bits per heavy atom. The highest BCUT2D eigenvalue weighted by Crippen LogP contribution is 2.08. The fourth-order valence-corrected chi connectivity index (χ4v) is 2.07. The predicted molar refractivity (Wildman–Crippen MR) is 73.3 cm³/mol. The molecule has 1 aliphatic heterocycles. The minimum Gasteiger partial charge on any atom is -0.481 e. The van der Waals surface area contributed by atoms with Gasteiger partial charge in [-0.15, -0.1) is 0 Å². The molecule has 0 radical (unpaired) electrons. The quantitative estimate of drug-likeness (QED) is 0.567. The van der Waals surface area contributed by atoms with E-state index in [2.05, 4.69) is 10.6 Å². The zero-order valence-corrected chi connectivity index (χ0v) is 11.7. The van der Waals surface area contributed by atoms with Crippen LogP contribution in [0, 0.1) is 0 Å². The van der Waals surface area contributed by atoms with Gasteiger partial charge in [0.2, 0.25) is 5.91 Å². The first kappa shape index (κ1) is 16.3. The number of amides is 3. The van der Waals surface area contributed by atoms with Crippen LogP contribution in [0.5, 0.6) is 0 Å². The van der Waals surface area contributed by atoms with E-state index in [1.165, 1.54) is 0 Å². The summed E-state index contributed by atoms with van der Waals surface area (Å²) in [4.78, 5) is 35.2. The molecule has 3 N–H and O–H groups in total. The molecule has 0 aromatic rings. The molecule has 7 nitrogen and oxygen atoms in total. The van der Waals surface area contributed by atoms with Crippen LogP contribution in [-0.4, -0.2) is 54.1 Å². The fraction of sp³-hybridized carbons (Fsp3) is 0.769. The van der Waals surface area contributed by atoms with Gasteiger partial charge in [0.05, 0.1) is 0 Å². The van der Waals surface area contributed by atoms with E-state index in [4.69, 9.17) is 5.11 Å². The summed E-state index contributed by atoms with van der Waals surface area (Å²) in [6.45, 7) is 2.43. The highest BCUT2D eigenvalue weighted by Gasteiger charge is 2.17. The predicted octanol–water partition coefficient (Wildman–Crippen LogP) is 0.553. The molecule has 1 fully saturated rings. The number of likely N-dealkylation sites (tertiary alicyclic amines) is 1. The number of urea groups is 1. The molecule has 1 aliphatic rings. The van der Waals surface area contributed by atoms with Crippen LogP contribution in [0.3, 0.4) is 0 Å². The summed E-state index contributed by atoms with van der Waals surface area (Å²) in [5.74, 6) is -0.737. The van der Waals surface area contributed by atoms with Crippen LogP contribution >= 0.6 is 0 Å². The van der Waals surface area contributed by atoms with Gasteiger partial charge >= 0.3 is 12.0 Å². The van der Waals surface area contributed by atoms with Crippen LogP contribution < -0.4 is 10.6 Å². The van der Waals surface area contributed by atoms with E-state index in [1.807, 2.05) is 4.90 Å². The van der Waals surface area contributed by atoms with Crippen LogP contribution in [-0.2, 0) is 9.59 Å². The molecule has 0 spiro atoms. The van der Waals surface area contributed by atoms with E-state index < -0.39 is 5.97 Å². The molecule has 0 aromatic carbocycles. The normalized spacial score (nSPS) is 14.1. The minimum atomic E-state index is -0.824. The number of nitrogens with one attached hydrogen (secondary N) is 2. The fourth-order valence-electron chi connectivity index (χ4n) is 2.07. The van der Waals surface area contributed by atoms with E-state index in [1.54, 1.807) is 0 Å². The second kappa shape index (κ2) is 9.17. The summed E-state index contributed by atoms with van der Waals surface area (Å²) >= 11 is 0. The summed E-state index contributed by atoms with van der Waals surface area (Å²) < 4.78 is 0. The van der Waals surface area contributed by atoms with Crippen LogP contribution in [0.15, 0.2) is 0 Å². The summed E-state index contributed by atoms with van der Waals surface area (Å²) in [6.07, 6.45) is 3.75. The number of unbranched alkanes of at least 4 members (excludes halogenated alkanes) is 1. The molecule has 0 atom stereocenters. The summed E-state index contributed by atoms with van der Waals surface area (Å²) in [7, 11) is 0. The zero-order chi connectivity index (χ0) is 14.8. The van der Waals surface area contributed by atoms with Gasteiger partial charge in [0, 0.05) is 39.0 Å². The summed E-state index contributed by atoms with van der Waals surface area (Å²) in [6, 6.07) is -0.311. The van der Waals surface area contributed by atoms with Gasteiger partial charge in [0.25, 0.3) is 0 Å². The van der Waals surface area contributed by atoms with Crippen molar-refractivity contribution in [2.24, 2.45) is 0 Å². The second-order valence-electron chi connectivity index (χ2n) is 4.87. The second-order valence-corrected chi connectivity index (χ2v) is 4.87. The van der Waals surface area contributed by atoms with E-state index in [0.717, 1.165) is 25.9 Å². The Morgan fingerprint density at radius 2 is 1.60 bits per heavy atom. The van der Waals surface area contributed by atoms with Gasteiger partial charge in [-0.3, -0.25) is 9.59 Å². The van der Waals surface area contributed by atoms with Crippen molar-refractivity contribution >= 4 is 17.9 Å². The molecule has 114 valence electrons. The number of hydrogen-bond acceptors (Lipinski definition) is 3. The molecule has 20 heavy (non-hydrogen) atoms. The first-order valence-corrected chi connectivity index (χ1v) is 7.11. The van der Waals surface area contributed by atoms with E-state index in [0.29, 0.717) is 32.4 Å². The number of carboxylic acid groups (broad SMARTS) is 1. The number of carbonyl (C=O) groups is 3. The number of carboxylic acids is 1. The minimum absolute atomic E-state index is 0.0873. The van der Waals surface area contributed by atoms with Gasteiger partial charge in [-0.1, -0.05) is 0 Å². The van der Waals surface area contributed by atoms with Gasteiger partial charge in [0.15, 0.2) is 0 Å². The summed E-state index contributed by atoms with van der Waals surface area (Å²) in [5, 5.41) is 13.7. The SMILES string of the molecule is O=C(O)CCCCNC(=O)NCCC(=O)N1CCCC1. The van der Waals surface area contributed by atoms with Crippen molar-refractivity contribution in [3.63, 3.8) is 0 Å². The van der Waals surface area contributed by atoms with Crippen LogP contribution in [0.4, 0.5) is 4.79 Å². The smallest absolute Gasteiger partial charge is 0.314 e. The highest BCUT2D eigenvalue weighted by atomic mass is 16.4. The Kier molecular flexibility index (Phi) is 7.46. The van der Waals surface area contributed by atoms with Crippen molar-refractivity contribution in [2.75, 3.05) is 26.2 Å². The van der Waals surface area contributed by atoms with Gasteiger partial charge in [-0.05, 0) is 25.7 Å². The number of rotatable bonds is 8. The zero-order valence-electron chi connectivity index (χ0n) is 11.7. The molecule has 0 saturated carbocycles. The van der Waals surface area contributed by atoms with E-state index >= 15 is 0 Å². The number of carbonyl (C=O) groups excluding carboxylic acids is 2. The first-order valence-electron chi connectivity index (χ1n) is 7.11. The van der Waals surface area contributed by atoms with Gasteiger partial charge < -0.3 is 20.6 Å². The average Bonchev–Trinajstić information content (AvgIpc) is 2.91. The van der Waals surface area contributed by atoms with Crippen molar-refractivity contribution in [2.45, 2.75) is 38.5 Å². The third kappa shape index (κ3) is 6.96. The maximum absolute atomic E-state index is 11.7. The molecule has 1 saturated heterocycles. The topological polar surface area (TPSA) is 98.7 Å². The third-order valence-corrected chi connectivity index (χ3v) is 3.19. The lowest BCUT2D eigenvalue weighted by atomic mass is 10.2. The number of nitrogens with zero attached hydrogens (tertiary/aromatic N) is 1. The molecule has 0 bridgehead atoms. The standard InChI is InChI=1S/C13H23N3O4/c17-11(16-9-3-4-10-16)6-8-15-13(20)14-7-2-1-5-12(18)19/h1-10H2,(H,18,19)(H2,14,15,20). The largest absolute Gasteiger partial charge is 0.481 e. The molecular weight excluding hydrogens is 262 g/mol. The van der Waals surface area contributed by atoms with Crippen molar-refractivity contribution in [1.82, 2.24) is 15.5 Å². The lowest BCUT2D eigenvalue weighted by Crippen LogP contribution is -2.38. The molecule has 0 aliphatic carbocycles. The molecule has 0 unspecified atom stereocenters. The van der Waals surface area contributed by atoms with Crippen molar-refractivity contribution in [3.05, 3.63) is 0 Å². The Balaban J connectivity index is 1.96. The molecule has 3 amide bonds.